The van der Waals surface area contributed by atoms with Gasteiger partial charge in [-0.25, -0.2) is 0 Å². The van der Waals surface area contributed by atoms with Crippen LogP contribution in [0.1, 0.15) is 25.5 Å². The molecular formula is C12H14BrN3. The van der Waals surface area contributed by atoms with E-state index in [0.29, 0.717) is 5.92 Å². The zero-order valence-corrected chi connectivity index (χ0v) is 10.9. The van der Waals surface area contributed by atoms with Gasteiger partial charge in [0.25, 0.3) is 0 Å². The van der Waals surface area contributed by atoms with Crippen LogP contribution in [0.5, 0.6) is 0 Å². The fourth-order valence-corrected chi connectivity index (χ4v) is 2.08. The molecule has 84 valence electrons. The molecule has 3 nitrogen and oxygen atoms in total. The summed E-state index contributed by atoms with van der Waals surface area (Å²) in [4.78, 5) is 1.77. The summed E-state index contributed by atoms with van der Waals surface area (Å²) in [6, 6.07) is 8.52. The zero-order valence-electron chi connectivity index (χ0n) is 9.34. The van der Waals surface area contributed by atoms with Crippen molar-refractivity contribution in [2.75, 3.05) is 0 Å². The Labute approximate surface area is 104 Å². The van der Waals surface area contributed by atoms with Crippen molar-refractivity contribution in [2.45, 2.75) is 19.9 Å². The van der Waals surface area contributed by atoms with Crippen molar-refractivity contribution in [1.82, 2.24) is 15.0 Å². The number of halogens is 1. The number of benzene rings is 1. The normalized spacial score (nSPS) is 13.0. The lowest BCUT2D eigenvalue weighted by Crippen LogP contribution is -2.19. The molecule has 2 rings (SSSR count). The van der Waals surface area contributed by atoms with E-state index in [0.717, 1.165) is 4.47 Å². The minimum absolute atomic E-state index is 0.197. The minimum atomic E-state index is 0.197. The summed E-state index contributed by atoms with van der Waals surface area (Å²) >= 11 is 3.44. The molecular weight excluding hydrogens is 266 g/mol. The van der Waals surface area contributed by atoms with E-state index in [1.54, 1.807) is 17.2 Å². The summed E-state index contributed by atoms with van der Waals surface area (Å²) < 4.78 is 1.09. The van der Waals surface area contributed by atoms with Crippen molar-refractivity contribution in [1.29, 1.82) is 0 Å². The van der Waals surface area contributed by atoms with Crippen LogP contribution in [0.2, 0.25) is 0 Å². The van der Waals surface area contributed by atoms with E-state index in [1.807, 2.05) is 12.1 Å². The highest BCUT2D eigenvalue weighted by Gasteiger charge is 2.18. The lowest BCUT2D eigenvalue weighted by atomic mass is 9.97. The van der Waals surface area contributed by atoms with E-state index in [1.165, 1.54) is 5.56 Å². The van der Waals surface area contributed by atoms with Crippen molar-refractivity contribution in [3.8, 4) is 0 Å². The Morgan fingerprint density at radius 3 is 2.12 bits per heavy atom. The first-order valence-electron chi connectivity index (χ1n) is 5.29. The number of rotatable bonds is 3. The Hall–Kier alpha value is -1.16. The molecule has 1 atom stereocenters. The second-order valence-corrected chi connectivity index (χ2v) is 5.01. The van der Waals surface area contributed by atoms with E-state index in [-0.39, 0.29) is 6.04 Å². The molecule has 0 N–H and O–H groups in total. The van der Waals surface area contributed by atoms with Crippen molar-refractivity contribution in [2.24, 2.45) is 5.92 Å². The second kappa shape index (κ2) is 4.78. The van der Waals surface area contributed by atoms with E-state index in [2.05, 4.69) is 52.1 Å². The molecule has 0 fully saturated rings. The molecule has 2 aromatic rings. The first kappa shape index (κ1) is 11.3. The highest BCUT2D eigenvalue weighted by atomic mass is 79.9. The van der Waals surface area contributed by atoms with E-state index in [4.69, 9.17) is 0 Å². The molecule has 0 unspecified atom stereocenters. The van der Waals surface area contributed by atoms with Gasteiger partial charge in [0.15, 0.2) is 0 Å². The molecule has 0 bridgehead atoms. The van der Waals surface area contributed by atoms with Crippen LogP contribution in [0.3, 0.4) is 0 Å². The van der Waals surface area contributed by atoms with E-state index < -0.39 is 0 Å². The quantitative estimate of drug-likeness (QED) is 0.863. The van der Waals surface area contributed by atoms with Gasteiger partial charge in [0, 0.05) is 4.47 Å². The topological polar surface area (TPSA) is 30.7 Å². The van der Waals surface area contributed by atoms with Crippen molar-refractivity contribution < 1.29 is 0 Å². The Bertz CT molecular complexity index is 434. The highest BCUT2D eigenvalue weighted by molar-refractivity contribution is 9.10. The number of aromatic nitrogens is 3. The first-order valence-corrected chi connectivity index (χ1v) is 6.09. The summed E-state index contributed by atoms with van der Waals surface area (Å²) in [6.45, 7) is 4.35. The van der Waals surface area contributed by atoms with Gasteiger partial charge in [-0.15, -0.1) is 0 Å². The monoisotopic (exact) mass is 279 g/mol. The largest absolute Gasteiger partial charge is 0.177 e. The maximum Gasteiger partial charge on any atom is 0.0988 e. The van der Waals surface area contributed by atoms with Crippen molar-refractivity contribution in [3.05, 3.63) is 46.7 Å². The van der Waals surface area contributed by atoms with Gasteiger partial charge in [-0.2, -0.15) is 15.0 Å². The van der Waals surface area contributed by atoms with Crippen molar-refractivity contribution in [3.63, 3.8) is 0 Å². The van der Waals surface area contributed by atoms with Crippen LogP contribution in [0.4, 0.5) is 0 Å². The standard InChI is InChI=1S/C12H14BrN3/c1-9(2)12(16-14-7-8-15-16)10-3-5-11(13)6-4-10/h3-9,12H,1-2H3/t12-/m1/s1. The second-order valence-electron chi connectivity index (χ2n) is 4.09. The molecule has 0 aliphatic heterocycles. The van der Waals surface area contributed by atoms with Gasteiger partial charge >= 0.3 is 0 Å². The van der Waals surface area contributed by atoms with Gasteiger partial charge in [-0.05, 0) is 23.6 Å². The molecule has 0 aliphatic rings. The van der Waals surface area contributed by atoms with Crippen LogP contribution in [0, 0.1) is 5.92 Å². The van der Waals surface area contributed by atoms with Gasteiger partial charge in [0.1, 0.15) is 0 Å². The summed E-state index contributed by atoms with van der Waals surface area (Å²) in [5.74, 6) is 0.452. The number of nitrogens with zero attached hydrogens (tertiary/aromatic N) is 3. The minimum Gasteiger partial charge on any atom is -0.177 e. The highest BCUT2D eigenvalue weighted by Crippen LogP contribution is 2.25. The molecule has 1 aromatic heterocycles. The molecule has 0 saturated carbocycles. The van der Waals surface area contributed by atoms with Gasteiger partial charge in [0.05, 0.1) is 18.4 Å². The smallest absolute Gasteiger partial charge is 0.0988 e. The summed E-state index contributed by atoms with van der Waals surface area (Å²) in [5, 5.41) is 8.46. The molecule has 1 aromatic carbocycles. The average molecular weight is 280 g/mol. The SMILES string of the molecule is CC(C)[C@H](c1ccc(Br)cc1)n1nccn1. The van der Waals surface area contributed by atoms with Crippen LogP contribution in [0.15, 0.2) is 41.1 Å². The lowest BCUT2D eigenvalue weighted by molar-refractivity contribution is 0.364. The van der Waals surface area contributed by atoms with E-state index >= 15 is 0 Å². The van der Waals surface area contributed by atoms with Crippen LogP contribution in [-0.2, 0) is 0 Å². The predicted octanol–water partition coefficient (Wildman–Crippen LogP) is 3.29. The maximum absolute atomic E-state index is 4.23. The zero-order chi connectivity index (χ0) is 11.5. The molecule has 0 spiro atoms. The average Bonchev–Trinajstić information content (AvgIpc) is 2.74. The Kier molecular flexibility index (Phi) is 3.39. The van der Waals surface area contributed by atoms with Gasteiger partial charge < -0.3 is 0 Å². The Morgan fingerprint density at radius 2 is 1.62 bits per heavy atom. The third-order valence-electron chi connectivity index (χ3n) is 2.53. The van der Waals surface area contributed by atoms with Crippen LogP contribution >= 0.6 is 15.9 Å². The number of hydrogen-bond acceptors (Lipinski definition) is 2. The number of hydrogen-bond donors (Lipinski definition) is 0. The maximum atomic E-state index is 4.23. The molecule has 1 heterocycles. The summed E-state index contributed by atoms with van der Waals surface area (Å²) in [5.41, 5.74) is 1.23. The Balaban J connectivity index is 2.37. The third kappa shape index (κ3) is 2.32. The molecule has 16 heavy (non-hydrogen) atoms. The lowest BCUT2D eigenvalue weighted by Gasteiger charge is -2.20. The molecule has 0 radical (unpaired) electrons. The van der Waals surface area contributed by atoms with Gasteiger partial charge in [-0.3, -0.25) is 0 Å². The molecule has 0 amide bonds. The van der Waals surface area contributed by atoms with Crippen LogP contribution < -0.4 is 0 Å². The first-order chi connectivity index (χ1) is 7.68. The third-order valence-corrected chi connectivity index (χ3v) is 3.06. The fourth-order valence-electron chi connectivity index (χ4n) is 1.81. The predicted molar refractivity (Wildman–Crippen MR) is 67.1 cm³/mol. The van der Waals surface area contributed by atoms with E-state index in [9.17, 15) is 0 Å². The molecule has 0 saturated heterocycles. The molecule has 0 aliphatic carbocycles. The Morgan fingerprint density at radius 1 is 1.06 bits per heavy atom. The van der Waals surface area contributed by atoms with Gasteiger partial charge in [-0.1, -0.05) is 41.9 Å². The molecule has 4 heteroatoms. The summed E-state index contributed by atoms with van der Waals surface area (Å²) in [7, 11) is 0. The van der Waals surface area contributed by atoms with Gasteiger partial charge in [0.2, 0.25) is 0 Å². The van der Waals surface area contributed by atoms with Crippen molar-refractivity contribution >= 4 is 15.9 Å². The van der Waals surface area contributed by atoms with Crippen LogP contribution in [0.25, 0.3) is 0 Å². The summed E-state index contributed by atoms with van der Waals surface area (Å²) in [6.07, 6.45) is 3.43. The van der Waals surface area contributed by atoms with Crippen LogP contribution in [-0.4, -0.2) is 15.0 Å². The fraction of sp³-hybridized carbons (Fsp3) is 0.333.